The molecule has 86 valence electrons. The number of hydrogen-bond acceptors (Lipinski definition) is 2. The second kappa shape index (κ2) is 4.45. The number of methoxy groups -OCH3 is 1. The Morgan fingerprint density at radius 1 is 1.50 bits per heavy atom. The molecule has 0 spiro atoms. The number of anilines is 1. The van der Waals surface area contributed by atoms with E-state index >= 15 is 0 Å². The van der Waals surface area contributed by atoms with Crippen LogP contribution in [0, 0.1) is 6.92 Å². The molecule has 0 aliphatic carbocycles. The van der Waals surface area contributed by atoms with Crippen molar-refractivity contribution < 1.29 is 9.53 Å². The molecule has 1 atom stereocenters. The van der Waals surface area contributed by atoms with E-state index in [1.807, 2.05) is 25.1 Å². The van der Waals surface area contributed by atoms with Crippen molar-refractivity contribution in [3.8, 4) is 5.75 Å². The summed E-state index contributed by atoms with van der Waals surface area (Å²) in [5.74, 6) is 0.983. The van der Waals surface area contributed by atoms with Crippen molar-refractivity contribution in [1.29, 1.82) is 0 Å². The van der Waals surface area contributed by atoms with Crippen LogP contribution in [0.5, 0.6) is 5.75 Å². The molecule has 0 radical (unpaired) electrons. The lowest BCUT2D eigenvalue weighted by Crippen LogP contribution is -2.24. The molecule has 1 heterocycles. The van der Waals surface area contributed by atoms with Crippen LogP contribution >= 0.6 is 15.9 Å². The maximum atomic E-state index is 11.7. The zero-order valence-electron chi connectivity index (χ0n) is 9.37. The molecule has 4 heteroatoms. The highest BCUT2D eigenvalue weighted by Crippen LogP contribution is 2.29. The highest BCUT2D eigenvalue weighted by atomic mass is 79.9. The van der Waals surface area contributed by atoms with Crippen LogP contribution < -0.4 is 9.64 Å². The Morgan fingerprint density at radius 2 is 2.25 bits per heavy atom. The van der Waals surface area contributed by atoms with Gasteiger partial charge in [0, 0.05) is 29.5 Å². The Hall–Kier alpha value is -1.03. The van der Waals surface area contributed by atoms with E-state index in [-0.39, 0.29) is 10.7 Å². The summed E-state index contributed by atoms with van der Waals surface area (Å²) in [7, 11) is 1.64. The molecule has 3 nitrogen and oxygen atoms in total. The SMILES string of the molecule is COc1cc(N2CC(Br)CC2=O)ccc1C. The van der Waals surface area contributed by atoms with E-state index in [2.05, 4.69) is 15.9 Å². The largest absolute Gasteiger partial charge is 0.496 e. The summed E-state index contributed by atoms with van der Waals surface area (Å²) in [5.41, 5.74) is 1.99. The van der Waals surface area contributed by atoms with Gasteiger partial charge in [-0.05, 0) is 18.6 Å². The average molecular weight is 284 g/mol. The molecule has 1 aliphatic rings. The van der Waals surface area contributed by atoms with E-state index < -0.39 is 0 Å². The van der Waals surface area contributed by atoms with Gasteiger partial charge in [-0.1, -0.05) is 22.0 Å². The van der Waals surface area contributed by atoms with Crippen LogP contribution in [-0.4, -0.2) is 24.4 Å². The number of carbonyl (C=O) groups is 1. The van der Waals surface area contributed by atoms with Gasteiger partial charge in [-0.25, -0.2) is 0 Å². The van der Waals surface area contributed by atoms with E-state index in [9.17, 15) is 4.79 Å². The molecule has 0 N–H and O–H groups in total. The van der Waals surface area contributed by atoms with Crippen LogP contribution in [0.4, 0.5) is 5.69 Å². The van der Waals surface area contributed by atoms with Gasteiger partial charge in [0.15, 0.2) is 0 Å². The third-order valence-electron chi connectivity index (χ3n) is 2.78. The predicted molar refractivity (Wildman–Crippen MR) is 67.4 cm³/mol. The minimum Gasteiger partial charge on any atom is -0.496 e. The lowest BCUT2D eigenvalue weighted by Gasteiger charge is -2.17. The lowest BCUT2D eigenvalue weighted by molar-refractivity contribution is -0.117. The second-order valence-corrected chi connectivity index (χ2v) is 5.25. The van der Waals surface area contributed by atoms with Gasteiger partial charge in [-0.3, -0.25) is 4.79 Å². The number of benzene rings is 1. The normalized spacial score (nSPS) is 20.3. The number of nitrogens with zero attached hydrogens (tertiary/aromatic N) is 1. The van der Waals surface area contributed by atoms with E-state index in [0.29, 0.717) is 6.42 Å². The smallest absolute Gasteiger partial charge is 0.228 e. The highest BCUT2D eigenvalue weighted by molar-refractivity contribution is 9.09. The van der Waals surface area contributed by atoms with Crippen LogP contribution in [0.15, 0.2) is 18.2 Å². The Morgan fingerprint density at radius 3 is 2.81 bits per heavy atom. The Balaban J connectivity index is 2.30. The fourth-order valence-corrected chi connectivity index (χ4v) is 2.46. The van der Waals surface area contributed by atoms with Crippen LogP contribution in [-0.2, 0) is 4.79 Å². The first kappa shape index (κ1) is 11.5. The van der Waals surface area contributed by atoms with Crippen LogP contribution in [0.3, 0.4) is 0 Å². The highest BCUT2D eigenvalue weighted by Gasteiger charge is 2.28. The molecule has 16 heavy (non-hydrogen) atoms. The Bertz CT molecular complexity index is 419. The van der Waals surface area contributed by atoms with Gasteiger partial charge < -0.3 is 9.64 Å². The number of rotatable bonds is 2. The molecule has 2 rings (SSSR count). The maximum Gasteiger partial charge on any atom is 0.228 e. The number of aryl methyl sites for hydroxylation is 1. The molecule has 1 aromatic carbocycles. The van der Waals surface area contributed by atoms with Gasteiger partial charge in [0.2, 0.25) is 5.91 Å². The van der Waals surface area contributed by atoms with Crippen molar-refractivity contribution in [2.75, 3.05) is 18.6 Å². The lowest BCUT2D eigenvalue weighted by atomic mass is 10.2. The molecule has 0 bridgehead atoms. The summed E-state index contributed by atoms with van der Waals surface area (Å²) in [6.07, 6.45) is 0.566. The third kappa shape index (κ3) is 2.07. The number of halogens is 1. The van der Waals surface area contributed by atoms with Crippen LogP contribution in [0.2, 0.25) is 0 Å². The van der Waals surface area contributed by atoms with Gasteiger partial charge in [0.1, 0.15) is 5.75 Å². The minimum atomic E-state index is 0.160. The summed E-state index contributed by atoms with van der Waals surface area (Å²) < 4.78 is 5.26. The topological polar surface area (TPSA) is 29.5 Å². The summed E-state index contributed by atoms with van der Waals surface area (Å²) in [4.78, 5) is 13.8. The van der Waals surface area contributed by atoms with Crippen molar-refractivity contribution in [1.82, 2.24) is 0 Å². The number of alkyl halides is 1. The quantitative estimate of drug-likeness (QED) is 0.781. The zero-order valence-corrected chi connectivity index (χ0v) is 11.0. The molecule has 1 aromatic rings. The van der Waals surface area contributed by atoms with E-state index in [1.54, 1.807) is 12.0 Å². The molecular formula is C12H14BrNO2. The number of carbonyl (C=O) groups excluding carboxylic acids is 1. The number of hydrogen-bond donors (Lipinski definition) is 0. The van der Waals surface area contributed by atoms with E-state index in [1.165, 1.54) is 0 Å². The standard InChI is InChI=1S/C12H14BrNO2/c1-8-3-4-10(6-11(8)16-2)14-7-9(13)5-12(14)15/h3-4,6,9H,5,7H2,1-2H3. The van der Waals surface area contributed by atoms with Crippen LogP contribution in [0.1, 0.15) is 12.0 Å². The van der Waals surface area contributed by atoms with Crippen molar-refractivity contribution in [2.24, 2.45) is 0 Å². The van der Waals surface area contributed by atoms with Crippen LogP contribution in [0.25, 0.3) is 0 Å². The van der Waals surface area contributed by atoms with Crippen molar-refractivity contribution in [3.63, 3.8) is 0 Å². The molecule has 1 amide bonds. The fraction of sp³-hybridized carbons (Fsp3) is 0.417. The van der Waals surface area contributed by atoms with Gasteiger partial charge in [0.05, 0.1) is 7.11 Å². The minimum absolute atomic E-state index is 0.160. The Labute approximate surface area is 104 Å². The molecule has 1 aliphatic heterocycles. The monoisotopic (exact) mass is 283 g/mol. The summed E-state index contributed by atoms with van der Waals surface area (Å²) in [6, 6.07) is 5.85. The van der Waals surface area contributed by atoms with Gasteiger partial charge in [0.25, 0.3) is 0 Å². The summed E-state index contributed by atoms with van der Waals surface area (Å²) in [6.45, 7) is 2.72. The molecule has 1 fully saturated rings. The molecule has 0 aromatic heterocycles. The van der Waals surface area contributed by atoms with Gasteiger partial charge in [-0.2, -0.15) is 0 Å². The van der Waals surface area contributed by atoms with Crippen molar-refractivity contribution in [2.45, 2.75) is 18.2 Å². The van der Waals surface area contributed by atoms with E-state index in [0.717, 1.165) is 23.5 Å². The van der Waals surface area contributed by atoms with Crippen molar-refractivity contribution in [3.05, 3.63) is 23.8 Å². The number of amides is 1. The first-order valence-electron chi connectivity index (χ1n) is 5.21. The molecule has 1 unspecified atom stereocenters. The molecule has 1 saturated heterocycles. The summed E-state index contributed by atoms with van der Waals surface area (Å²) in [5, 5.41) is 0. The van der Waals surface area contributed by atoms with Gasteiger partial charge >= 0.3 is 0 Å². The molecular weight excluding hydrogens is 270 g/mol. The second-order valence-electron chi connectivity index (χ2n) is 3.96. The summed E-state index contributed by atoms with van der Waals surface area (Å²) >= 11 is 3.47. The van der Waals surface area contributed by atoms with Gasteiger partial charge in [-0.15, -0.1) is 0 Å². The molecule has 0 saturated carbocycles. The van der Waals surface area contributed by atoms with E-state index in [4.69, 9.17) is 4.74 Å². The fourth-order valence-electron chi connectivity index (χ4n) is 1.89. The zero-order chi connectivity index (χ0) is 11.7. The van der Waals surface area contributed by atoms with Crippen molar-refractivity contribution >= 4 is 27.5 Å². The third-order valence-corrected chi connectivity index (χ3v) is 3.39. The maximum absolute atomic E-state index is 11.7. The number of ether oxygens (including phenoxy) is 1. The Kier molecular flexibility index (Phi) is 3.19. The first-order valence-corrected chi connectivity index (χ1v) is 6.12. The first-order chi connectivity index (χ1) is 7.61. The predicted octanol–water partition coefficient (Wildman–Crippen LogP) is 2.50. The average Bonchev–Trinajstić information content (AvgIpc) is 2.59.